The van der Waals surface area contributed by atoms with E-state index >= 15 is 0 Å². The Kier molecular flexibility index (Phi) is 2.53. The molecule has 0 spiro atoms. The van der Waals surface area contributed by atoms with Gasteiger partial charge in [0.2, 0.25) is 0 Å². The fourth-order valence-corrected chi connectivity index (χ4v) is 1.67. The highest BCUT2D eigenvalue weighted by Crippen LogP contribution is 2.19. The fourth-order valence-electron chi connectivity index (χ4n) is 1.67. The van der Waals surface area contributed by atoms with Crippen molar-refractivity contribution in [2.75, 3.05) is 0 Å². The van der Waals surface area contributed by atoms with Gasteiger partial charge in [0.25, 0.3) is 0 Å². The van der Waals surface area contributed by atoms with Crippen LogP contribution in [0.5, 0.6) is 0 Å². The molecule has 0 atom stereocenters. The zero-order valence-electron chi connectivity index (χ0n) is 8.75. The Labute approximate surface area is 84.4 Å². The molecule has 0 fully saturated rings. The Hall–Kier alpha value is -1.31. The van der Waals surface area contributed by atoms with Crippen molar-refractivity contribution in [3.63, 3.8) is 0 Å². The second kappa shape index (κ2) is 3.82. The van der Waals surface area contributed by atoms with Gasteiger partial charge in [-0.1, -0.05) is 13.8 Å². The first-order chi connectivity index (χ1) is 6.77. The van der Waals surface area contributed by atoms with Crippen molar-refractivity contribution in [1.29, 1.82) is 0 Å². The SMILES string of the molecule is CC(C)CCc1c[nH]c2ccncc12. The van der Waals surface area contributed by atoms with Gasteiger partial charge in [-0.05, 0) is 30.4 Å². The molecule has 0 unspecified atom stereocenters. The van der Waals surface area contributed by atoms with E-state index in [0.717, 1.165) is 12.3 Å². The molecule has 0 aliphatic rings. The van der Waals surface area contributed by atoms with Crippen molar-refractivity contribution in [2.24, 2.45) is 5.92 Å². The van der Waals surface area contributed by atoms with Gasteiger partial charge in [-0.3, -0.25) is 4.98 Å². The minimum atomic E-state index is 0.761. The van der Waals surface area contributed by atoms with E-state index in [0.29, 0.717) is 0 Å². The molecule has 74 valence electrons. The number of rotatable bonds is 3. The molecule has 14 heavy (non-hydrogen) atoms. The highest BCUT2D eigenvalue weighted by atomic mass is 14.7. The molecular formula is C12H16N2. The summed E-state index contributed by atoms with van der Waals surface area (Å²) in [4.78, 5) is 7.42. The summed E-state index contributed by atoms with van der Waals surface area (Å²) in [6.45, 7) is 4.51. The third-order valence-corrected chi connectivity index (χ3v) is 2.56. The second-order valence-electron chi connectivity index (χ2n) is 4.17. The van der Waals surface area contributed by atoms with Crippen molar-refractivity contribution in [2.45, 2.75) is 26.7 Å². The molecule has 2 heterocycles. The highest BCUT2D eigenvalue weighted by Gasteiger charge is 2.03. The van der Waals surface area contributed by atoms with E-state index in [1.165, 1.54) is 22.9 Å². The summed E-state index contributed by atoms with van der Waals surface area (Å²) < 4.78 is 0. The molecule has 0 saturated heterocycles. The van der Waals surface area contributed by atoms with E-state index in [1.54, 1.807) is 0 Å². The monoisotopic (exact) mass is 188 g/mol. The Bertz CT molecular complexity index is 415. The van der Waals surface area contributed by atoms with Crippen LogP contribution in [0.15, 0.2) is 24.7 Å². The Morgan fingerprint density at radius 1 is 1.43 bits per heavy atom. The number of aromatic nitrogens is 2. The number of H-pyrrole nitrogens is 1. The molecule has 2 nitrogen and oxygen atoms in total. The smallest absolute Gasteiger partial charge is 0.0487 e. The van der Waals surface area contributed by atoms with Gasteiger partial charge in [0.1, 0.15) is 0 Å². The second-order valence-corrected chi connectivity index (χ2v) is 4.17. The van der Waals surface area contributed by atoms with Gasteiger partial charge < -0.3 is 4.98 Å². The number of nitrogens with zero attached hydrogens (tertiary/aromatic N) is 1. The van der Waals surface area contributed by atoms with Crippen LogP contribution in [0, 0.1) is 5.92 Å². The van der Waals surface area contributed by atoms with E-state index in [-0.39, 0.29) is 0 Å². The lowest BCUT2D eigenvalue weighted by Crippen LogP contribution is -1.90. The summed E-state index contributed by atoms with van der Waals surface area (Å²) in [5.41, 5.74) is 2.58. The van der Waals surface area contributed by atoms with Crippen LogP contribution in [-0.4, -0.2) is 9.97 Å². The first-order valence-electron chi connectivity index (χ1n) is 5.17. The summed E-state index contributed by atoms with van der Waals surface area (Å²) in [7, 11) is 0. The standard InChI is InChI=1S/C12H16N2/c1-9(2)3-4-10-7-14-12-5-6-13-8-11(10)12/h5-9,14H,3-4H2,1-2H3. The number of aryl methyl sites for hydroxylation is 1. The number of hydrogen-bond donors (Lipinski definition) is 1. The average Bonchev–Trinajstić information content (AvgIpc) is 2.58. The van der Waals surface area contributed by atoms with E-state index in [4.69, 9.17) is 0 Å². The molecule has 2 rings (SSSR count). The van der Waals surface area contributed by atoms with Gasteiger partial charge in [0.05, 0.1) is 0 Å². The zero-order chi connectivity index (χ0) is 9.97. The summed E-state index contributed by atoms with van der Waals surface area (Å²) >= 11 is 0. The van der Waals surface area contributed by atoms with Crippen LogP contribution in [0.1, 0.15) is 25.8 Å². The molecule has 0 saturated carbocycles. The minimum Gasteiger partial charge on any atom is -0.361 e. The Balaban J connectivity index is 2.25. The summed E-state index contributed by atoms with van der Waals surface area (Å²) in [5.74, 6) is 0.761. The van der Waals surface area contributed by atoms with Crippen LogP contribution >= 0.6 is 0 Å². The lowest BCUT2D eigenvalue weighted by molar-refractivity contribution is 0.588. The normalized spacial score (nSPS) is 11.4. The third kappa shape index (κ3) is 1.79. The number of nitrogens with one attached hydrogen (secondary N) is 1. The van der Waals surface area contributed by atoms with Crippen LogP contribution in [-0.2, 0) is 6.42 Å². The number of pyridine rings is 1. The molecule has 0 radical (unpaired) electrons. The first kappa shape index (κ1) is 9.25. The van der Waals surface area contributed by atoms with E-state index in [2.05, 4.69) is 30.0 Å². The summed E-state index contributed by atoms with van der Waals surface area (Å²) in [6, 6.07) is 2.02. The largest absolute Gasteiger partial charge is 0.361 e. The maximum absolute atomic E-state index is 4.15. The molecule has 0 bridgehead atoms. The quantitative estimate of drug-likeness (QED) is 0.787. The molecule has 1 N–H and O–H groups in total. The lowest BCUT2D eigenvalue weighted by atomic mass is 10.0. The number of fused-ring (bicyclic) bond motifs is 1. The molecule has 2 aromatic rings. The van der Waals surface area contributed by atoms with Gasteiger partial charge >= 0.3 is 0 Å². The van der Waals surface area contributed by atoms with Crippen molar-refractivity contribution in [1.82, 2.24) is 9.97 Å². The van der Waals surface area contributed by atoms with E-state index in [9.17, 15) is 0 Å². The molecular weight excluding hydrogens is 172 g/mol. The fraction of sp³-hybridized carbons (Fsp3) is 0.417. The Morgan fingerprint density at radius 2 is 2.29 bits per heavy atom. The third-order valence-electron chi connectivity index (χ3n) is 2.56. The molecule has 2 aromatic heterocycles. The molecule has 0 aliphatic carbocycles. The van der Waals surface area contributed by atoms with E-state index in [1.807, 2.05) is 18.5 Å². The summed E-state index contributed by atoms with van der Waals surface area (Å²) in [6.07, 6.45) is 8.26. The van der Waals surface area contributed by atoms with Gasteiger partial charge in [-0.25, -0.2) is 0 Å². The van der Waals surface area contributed by atoms with Gasteiger partial charge in [-0.15, -0.1) is 0 Å². The van der Waals surface area contributed by atoms with Crippen LogP contribution in [0.3, 0.4) is 0 Å². The van der Waals surface area contributed by atoms with Gasteiger partial charge in [-0.2, -0.15) is 0 Å². The predicted octanol–water partition coefficient (Wildman–Crippen LogP) is 3.15. The topological polar surface area (TPSA) is 28.7 Å². The predicted molar refractivity (Wildman–Crippen MR) is 59.3 cm³/mol. The molecule has 0 aliphatic heterocycles. The highest BCUT2D eigenvalue weighted by molar-refractivity contribution is 5.81. The molecule has 2 heteroatoms. The lowest BCUT2D eigenvalue weighted by Gasteiger charge is -2.02. The Morgan fingerprint density at radius 3 is 3.07 bits per heavy atom. The number of hydrogen-bond acceptors (Lipinski definition) is 1. The maximum atomic E-state index is 4.15. The first-order valence-corrected chi connectivity index (χ1v) is 5.17. The molecule has 0 amide bonds. The van der Waals surface area contributed by atoms with Crippen LogP contribution in [0.2, 0.25) is 0 Å². The summed E-state index contributed by atoms with van der Waals surface area (Å²) in [5, 5.41) is 1.27. The number of aromatic amines is 1. The average molecular weight is 188 g/mol. The van der Waals surface area contributed by atoms with Crippen LogP contribution in [0.4, 0.5) is 0 Å². The molecule has 0 aromatic carbocycles. The van der Waals surface area contributed by atoms with E-state index < -0.39 is 0 Å². The van der Waals surface area contributed by atoms with Crippen molar-refractivity contribution in [3.8, 4) is 0 Å². The van der Waals surface area contributed by atoms with Gasteiger partial charge in [0, 0.05) is 29.5 Å². The van der Waals surface area contributed by atoms with Crippen molar-refractivity contribution in [3.05, 3.63) is 30.2 Å². The van der Waals surface area contributed by atoms with Crippen LogP contribution < -0.4 is 0 Å². The maximum Gasteiger partial charge on any atom is 0.0487 e. The van der Waals surface area contributed by atoms with Crippen molar-refractivity contribution < 1.29 is 0 Å². The van der Waals surface area contributed by atoms with Crippen LogP contribution in [0.25, 0.3) is 10.9 Å². The van der Waals surface area contributed by atoms with Crippen molar-refractivity contribution >= 4 is 10.9 Å². The minimum absolute atomic E-state index is 0.761. The van der Waals surface area contributed by atoms with Gasteiger partial charge in [0.15, 0.2) is 0 Å². The zero-order valence-corrected chi connectivity index (χ0v) is 8.75.